The molecule has 0 aliphatic heterocycles. The first-order valence-electron chi connectivity index (χ1n) is 3.30. The van der Waals surface area contributed by atoms with Crippen molar-refractivity contribution in [2.24, 2.45) is 5.73 Å². The number of hydrogen-bond donors (Lipinski definition) is 1. The summed E-state index contributed by atoms with van der Waals surface area (Å²) in [6, 6.07) is 3.49. The van der Waals surface area contributed by atoms with Gasteiger partial charge in [-0.05, 0) is 18.6 Å². The summed E-state index contributed by atoms with van der Waals surface area (Å²) >= 11 is 3.23. The fraction of sp³-hybridized carbons (Fsp3) is 0.250. The average molecular weight is 255 g/mol. The number of halogens is 3. The Hall–Kier alpha value is -0.120. The molecular weight excluding hydrogens is 244 g/mol. The van der Waals surface area contributed by atoms with E-state index >= 15 is 0 Å². The van der Waals surface area contributed by atoms with Crippen LogP contribution in [0, 0.1) is 12.7 Å². The minimum atomic E-state index is -0.207. The normalized spacial score (nSPS) is 9.33. The topological polar surface area (TPSA) is 26.0 Å². The molecule has 0 heterocycles. The summed E-state index contributed by atoms with van der Waals surface area (Å²) in [6.07, 6.45) is 0. The molecule has 0 atom stereocenters. The third kappa shape index (κ3) is 2.19. The Morgan fingerprint density at radius 3 is 2.58 bits per heavy atom. The first-order chi connectivity index (χ1) is 5.16. The third-order valence-corrected chi connectivity index (χ3v) is 2.48. The summed E-state index contributed by atoms with van der Waals surface area (Å²) < 4.78 is 13.9. The Bertz CT molecular complexity index is 278. The highest BCUT2D eigenvalue weighted by molar-refractivity contribution is 9.10. The second-order valence-corrected chi connectivity index (χ2v) is 3.20. The molecule has 0 saturated carbocycles. The highest BCUT2D eigenvalue weighted by atomic mass is 79.9. The summed E-state index contributed by atoms with van der Waals surface area (Å²) in [5.41, 5.74) is 6.49. The summed E-state index contributed by atoms with van der Waals surface area (Å²) in [4.78, 5) is 0. The molecule has 0 amide bonds. The molecule has 0 radical (unpaired) electrons. The van der Waals surface area contributed by atoms with E-state index in [1.807, 2.05) is 0 Å². The lowest BCUT2D eigenvalue weighted by molar-refractivity contribution is 0.600. The Balaban J connectivity index is 0.00000121. The minimum Gasteiger partial charge on any atom is -0.326 e. The van der Waals surface area contributed by atoms with E-state index in [1.54, 1.807) is 19.1 Å². The van der Waals surface area contributed by atoms with Gasteiger partial charge in [0, 0.05) is 16.6 Å². The van der Waals surface area contributed by atoms with Crippen LogP contribution in [0.4, 0.5) is 4.39 Å². The summed E-state index contributed by atoms with van der Waals surface area (Å²) in [5, 5.41) is 0. The van der Waals surface area contributed by atoms with Crippen LogP contribution in [0.3, 0.4) is 0 Å². The van der Waals surface area contributed by atoms with Crippen molar-refractivity contribution in [3.63, 3.8) is 0 Å². The first-order valence-corrected chi connectivity index (χ1v) is 4.09. The summed E-state index contributed by atoms with van der Waals surface area (Å²) in [6.45, 7) is 1.97. The van der Waals surface area contributed by atoms with Crippen LogP contribution in [-0.4, -0.2) is 0 Å². The molecule has 12 heavy (non-hydrogen) atoms. The molecule has 0 bridgehead atoms. The molecule has 1 rings (SSSR count). The van der Waals surface area contributed by atoms with Crippen molar-refractivity contribution < 1.29 is 4.39 Å². The lowest BCUT2D eigenvalue weighted by atomic mass is 10.1. The first kappa shape index (κ1) is 11.9. The highest BCUT2D eigenvalue weighted by Crippen LogP contribution is 2.21. The molecule has 0 saturated heterocycles. The third-order valence-electron chi connectivity index (χ3n) is 1.62. The van der Waals surface area contributed by atoms with E-state index in [4.69, 9.17) is 5.73 Å². The number of hydrogen-bond acceptors (Lipinski definition) is 1. The molecule has 2 N–H and O–H groups in total. The summed E-state index contributed by atoms with van der Waals surface area (Å²) in [5.74, 6) is -0.207. The van der Waals surface area contributed by atoms with Gasteiger partial charge in [0.1, 0.15) is 5.82 Å². The predicted molar refractivity (Wildman–Crippen MR) is 54.0 cm³/mol. The molecule has 0 aromatic heterocycles. The van der Waals surface area contributed by atoms with Crippen LogP contribution in [0.25, 0.3) is 0 Å². The lowest BCUT2D eigenvalue weighted by Gasteiger charge is -2.03. The van der Waals surface area contributed by atoms with Crippen molar-refractivity contribution in [3.05, 3.63) is 33.5 Å². The minimum absolute atomic E-state index is 0. The van der Waals surface area contributed by atoms with Crippen molar-refractivity contribution in [1.29, 1.82) is 0 Å². The SMILES string of the molecule is Cc1c(Br)ccc(CN)c1F.Cl. The summed E-state index contributed by atoms with van der Waals surface area (Å²) in [7, 11) is 0. The molecule has 1 aromatic carbocycles. The molecule has 0 aliphatic rings. The van der Waals surface area contributed by atoms with Gasteiger partial charge in [0.2, 0.25) is 0 Å². The van der Waals surface area contributed by atoms with Crippen LogP contribution in [0.15, 0.2) is 16.6 Å². The maximum absolute atomic E-state index is 13.2. The molecule has 68 valence electrons. The lowest BCUT2D eigenvalue weighted by Crippen LogP contribution is -2.01. The number of rotatable bonds is 1. The second-order valence-electron chi connectivity index (χ2n) is 2.35. The fourth-order valence-corrected chi connectivity index (χ4v) is 1.18. The van der Waals surface area contributed by atoms with Gasteiger partial charge in [-0.1, -0.05) is 22.0 Å². The van der Waals surface area contributed by atoms with E-state index in [1.165, 1.54) is 0 Å². The quantitative estimate of drug-likeness (QED) is 0.819. The van der Waals surface area contributed by atoms with Gasteiger partial charge in [-0.15, -0.1) is 12.4 Å². The van der Waals surface area contributed by atoms with Gasteiger partial charge in [0.05, 0.1) is 0 Å². The van der Waals surface area contributed by atoms with Crippen LogP contribution < -0.4 is 5.73 Å². The molecule has 0 unspecified atom stereocenters. The standard InChI is InChI=1S/C8H9BrFN.ClH/c1-5-7(9)3-2-6(4-11)8(5)10;/h2-3H,4,11H2,1H3;1H. The smallest absolute Gasteiger partial charge is 0.131 e. The van der Waals surface area contributed by atoms with E-state index in [-0.39, 0.29) is 24.8 Å². The van der Waals surface area contributed by atoms with E-state index in [0.29, 0.717) is 11.1 Å². The fourth-order valence-electron chi connectivity index (χ4n) is 0.875. The Morgan fingerprint density at radius 2 is 2.08 bits per heavy atom. The zero-order chi connectivity index (χ0) is 8.43. The van der Waals surface area contributed by atoms with Crippen molar-refractivity contribution in [1.82, 2.24) is 0 Å². The molecule has 1 aromatic rings. The van der Waals surface area contributed by atoms with Gasteiger partial charge in [0.25, 0.3) is 0 Å². The maximum Gasteiger partial charge on any atom is 0.131 e. The van der Waals surface area contributed by atoms with Crippen LogP contribution in [0.5, 0.6) is 0 Å². The second kappa shape index (κ2) is 4.80. The van der Waals surface area contributed by atoms with Gasteiger partial charge >= 0.3 is 0 Å². The van der Waals surface area contributed by atoms with E-state index < -0.39 is 0 Å². The predicted octanol–water partition coefficient (Wildman–Crippen LogP) is 2.78. The molecular formula is C8H10BrClFN. The zero-order valence-electron chi connectivity index (χ0n) is 6.60. The van der Waals surface area contributed by atoms with Crippen LogP contribution in [0.2, 0.25) is 0 Å². The number of benzene rings is 1. The van der Waals surface area contributed by atoms with Crippen molar-refractivity contribution >= 4 is 28.3 Å². The number of nitrogens with two attached hydrogens (primary N) is 1. The van der Waals surface area contributed by atoms with E-state index in [0.717, 1.165) is 4.47 Å². The Morgan fingerprint density at radius 1 is 1.50 bits per heavy atom. The van der Waals surface area contributed by atoms with Crippen LogP contribution in [0.1, 0.15) is 11.1 Å². The van der Waals surface area contributed by atoms with Gasteiger partial charge in [-0.2, -0.15) is 0 Å². The van der Waals surface area contributed by atoms with Gasteiger partial charge in [-0.25, -0.2) is 4.39 Å². The van der Waals surface area contributed by atoms with E-state index in [2.05, 4.69) is 15.9 Å². The Kier molecular flexibility index (Phi) is 4.75. The molecule has 1 nitrogen and oxygen atoms in total. The van der Waals surface area contributed by atoms with Gasteiger partial charge in [-0.3, -0.25) is 0 Å². The van der Waals surface area contributed by atoms with Crippen molar-refractivity contribution in [2.75, 3.05) is 0 Å². The maximum atomic E-state index is 13.2. The van der Waals surface area contributed by atoms with Crippen LogP contribution in [-0.2, 0) is 6.54 Å². The molecule has 0 fully saturated rings. The van der Waals surface area contributed by atoms with Gasteiger partial charge in [0.15, 0.2) is 0 Å². The monoisotopic (exact) mass is 253 g/mol. The van der Waals surface area contributed by atoms with E-state index in [9.17, 15) is 4.39 Å². The molecule has 0 spiro atoms. The largest absolute Gasteiger partial charge is 0.326 e. The van der Waals surface area contributed by atoms with Gasteiger partial charge < -0.3 is 5.73 Å². The molecule has 0 aliphatic carbocycles. The average Bonchev–Trinajstić information content (AvgIpc) is 2.01. The van der Waals surface area contributed by atoms with Crippen molar-refractivity contribution in [2.45, 2.75) is 13.5 Å². The molecule has 4 heteroatoms. The highest BCUT2D eigenvalue weighted by Gasteiger charge is 2.05. The van der Waals surface area contributed by atoms with Crippen molar-refractivity contribution in [3.8, 4) is 0 Å². The Labute approximate surface area is 85.7 Å². The van der Waals surface area contributed by atoms with Crippen LogP contribution >= 0.6 is 28.3 Å². The zero-order valence-corrected chi connectivity index (χ0v) is 9.01.